The molecule has 0 aliphatic carbocycles. The predicted molar refractivity (Wildman–Crippen MR) is 138 cm³/mol. The van der Waals surface area contributed by atoms with E-state index in [-0.39, 0.29) is 12.2 Å². The predicted octanol–water partition coefficient (Wildman–Crippen LogP) is 5.50. The molecule has 3 nitrogen and oxygen atoms in total. The van der Waals surface area contributed by atoms with Gasteiger partial charge in [-0.2, -0.15) is 0 Å². The van der Waals surface area contributed by atoms with Gasteiger partial charge in [-0.25, -0.2) is 0 Å². The average molecular weight is 450 g/mol. The molecule has 1 atom stereocenters. The number of aryl methyl sites for hydroxylation is 2. The summed E-state index contributed by atoms with van der Waals surface area (Å²) >= 11 is 0. The highest BCUT2D eigenvalue weighted by Crippen LogP contribution is 2.35. The Morgan fingerprint density at radius 1 is 0.906 bits per heavy atom. The number of methoxy groups -OCH3 is 1. The van der Waals surface area contributed by atoms with Crippen LogP contribution in [0.5, 0.6) is 5.75 Å². The quantitative estimate of drug-likeness (QED) is 0.346. The van der Waals surface area contributed by atoms with Crippen LogP contribution in [0.4, 0.5) is 0 Å². The Kier molecular flexibility index (Phi) is 8.48. The highest BCUT2D eigenvalue weighted by Gasteiger charge is 2.23. The largest absolute Gasteiger partial charge is 0.467 e. The van der Waals surface area contributed by atoms with Crippen LogP contribution in [0.3, 0.4) is 0 Å². The molecule has 0 radical (unpaired) electrons. The zero-order valence-corrected chi connectivity index (χ0v) is 21.2. The highest BCUT2D eigenvalue weighted by atomic mass is 31.1. The lowest BCUT2D eigenvalue weighted by molar-refractivity contribution is 0.0506. The zero-order valence-electron chi connectivity index (χ0n) is 20.2. The fourth-order valence-electron chi connectivity index (χ4n) is 3.82. The molecule has 0 aromatic heterocycles. The second-order valence-electron chi connectivity index (χ2n) is 9.31. The number of benzene rings is 3. The van der Waals surface area contributed by atoms with E-state index in [1.807, 2.05) is 0 Å². The van der Waals surface area contributed by atoms with E-state index in [1.165, 1.54) is 38.4 Å². The minimum Gasteiger partial charge on any atom is -0.467 e. The molecule has 32 heavy (non-hydrogen) atoms. The number of nitrogens with one attached hydrogen (secondary N) is 1. The fourth-order valence-corrected chi connectivity index (χ4v) is 5.33. The third-order valence-corrected chi connectivity index (χ3v) is 7.07. The Hall–Kier alpha value is -2.19. The molecule has 0 amide bonds. The average Bonchev–Trinajstić information content (AvgIpc) is 2.75. The molecule has 0 heterocycles. The maximum atomic E-state index is 6.16. The fraction of sp³-hybridized carbons (Fsp3) is 0.357. The number of rotatable bonds is 9. The van der Waals surface area contributed by atoms with E-state index < -0.39 is 0 Å². The summed E-state index contributed by atoms with van der Waals surface area (Å²) in [6, 6.07) is 21.7. The van der Waals surface area contributed by atoms with Crippen molar-refractivity contribution in [2.75, 3.05) is 13.9 Å². The molecule has 3 aromatic rings. The van der Waals surface area contributed by atoms with Gasteiger partial charge in [-0.15, -0.1) is 0 Å². The molecule has 3 aromatic carbocycles. The van der Waals surface area contributed by atoms with E-state index in [9.17, 15) is 0 Å². The van der Waals surface area contributed by atoms with Crippen LogP contribution in [0.1, 0.15) is 48.6 Å². The third-order valence-electron chi connectivity index (χ3n) is 5.47. The molecule has 4 heteroatoms. The summed E-state index contributed by atoms with van der Waals surface area (Å²) in [4.78, 5) is 0. The van der Waals surface area contributed by atoms with Crippen molar-refractivity contribution in [1.82, 2.24) is 5.32 Å². The van der Waals surface area contributed by atoms with Gasteiger partial charge in [0.2, 0.25) is 0 Å². The van der Waals surface area contributed by atoms with Crippen molar-refractivity contribution in [2.24, 2.45) is 0 Å². The van der Waals surface area contributed by atoms with Crippen molar-refractivity contribution in [2.45, 2.75) is 53.1 Å². The first kappa shape index (κ1) is 24.5. The lowest BCUT2D eigenvalue weighted by Gasteiger charge is -2.26. The Morgan fingerprint density at radius 2 is 1.66 bits per heavy atom. The minimum atomic E-state index is -0.0138. The number of ether oxygens (including phenoxy) is 2. The topological polar surface area (TPSA) is 30.5 Å². The molecule has 1 unspecified atom stereocenters. The van der Waals surface area contributed by atoms with Crippen LogP contribution in [0.15, 0.2) is 60.7 Å². The van der Waals surface area contributed by atoms with Crippen LogP contribution in [0.2, 0.25) is 0 Å². The summed E-state index contributed by atoms with van der Waals surface area (Å²) in [6.45, 7) is 13.0. The van der Waals surface area contributed by atoms with Gasteiger partial charge in [0.15, 0.2) is 6.79 Å². The van der Waals surface area contributed by atoms with Crippen molar-refractivity contribution in [3.63, 3.8) is 0 Å². The first-order chi connectivity index (χ1) is 15.3. The molecule has 0 saturated heterocycles. The van der Waals surface area contributed by atoms with Gasteiger partial charge in [0.1, 0.15) is 5.75 Å². The van der Waals surface area contributed by atoms with Gasteiger partial charge in [-0.3, -0.25) is 0 Å². The molecular formula is C28H36NO2P. The van der Waals surface area contributed by atoms with Crippen molar-refractivity contribution < 1.29 is 9.47 Å². The molecule has 3 rings (SSSR count). The molecule has 0 aliphatic heterocycles. The van der Waals surface area contributed by atoms with Gasteiger partial charge in [0, 0.05) is 31.1 Å². The summed E-state index contributed by atoms with van der Waals surface area (Å²) in [6.07, 6.45) is 0. The third kappa shape index (κ3) is 6.42. The van der Waals surface area contributed by atoms with E-state index in [0.29, 0.717) is 8.58 Å². The SMILES string of the molecule is COCOc1c(Pc2c(C)cccc2CNCc2ccccc2)cc(C)cc1C(C)(C)C. The van der Waals surface area contributed by atoms with Gasteiger partial charge in [-0.05, 0) is 52.9 Å². The summed E-state index contributed by atoms with van der Waals surface area (Å²) in [5, 5.41) is 6.25. The monoisotopic (exact) mass is 449 g/mol. The molecule has 0 bridgehead atoms. The van der Waals surface area contributed by atoms with Crippen LogP contribution in [0.25, 0.3) is 0 Å². The van der Waals surface area contributed by atoms with E-state index in [0.717, 1.165) is 18.8 Å². The maximum absolute atomic E-state index is 6.16. The van der Waals surface area contributed by atoms with Crippen molar-refractivity contribution >= 4 is 19.2 Å². The summed E-state index contributed by atoms with van der Waals surface area (Å²) in [7, 11) is 2.18. The lowest BCUT2D eigenvalue weighted by atomic mass is 9.85. The normalized spacial score (nSPS) is 11.9. The first-order valence-electron chi connectivity index (χ1n) is 11.2. The van der Waals surface area contributed by atoms with Gasteiger partial charge < -0.3 is 14.8 Å². The molecule has 0 spiro atoms. The van der Waals surface area contributed by atoms with Crippen molar-refractivity contribution in [1.29, 1.82) is 0 Å². The van der Waals surface area contributed by atoms with Crippen LogP contribution < -0.4 is 20.7 Å². The minimum absolute atomic E-state index is 0.0138. The highest BCUT2D eigenvalue weighted by molar-refractivity contribution is 7.56. The summed E-state index contributed by atoms with van der Waals surface area (Å²) in [5.41, 5.74) is 6.44. The second-order valence-corrected chi connectivity index (χ2v) is 10.6. The van der Waals surface area contributed by atoms with Crippen LogP contribution >= 0.6 is 8.58 Å². The van der Waals surface area contributed by atoms with Gasteiger partial charge in [-0.1, -0.05) is 83.9 Å². The smallest absolute Gasteiger partial charge is 0.188 e. The molecule has 0 saturated carbocycles. The van der Waals surface area contributed by atoms with Crippen LogP contribution in [0, 0.1) is 13.8 Å². The number of hydrogen-bond donors (Lipinski definition) is 1. The molecule has 1 N–H and O–H groups in total. The Balaban J connectivity index is 1.91. The van der Waals surface area contributed by atoms with Gasteiger partial charge >= 0.3 is 0 Å². The molecule has 170 valence electrons. The van der Waals surface area contributed by atoms with Crippen molar-refractivity contribution in [3.05, 3.63) is 88.5 Å². The van der Waals surface area contributed by atoms with Crippen LogP contribution in [-0.2, 0) is 23.2 Å². The van der Waals surface area contributed by atoms with E-state index >= 15 is 0 Å². The maximum Gasteiger partial charge on any atom is 0.188 e. The zero-order chi connectivity index (χ0) is 23.1. The second kappa shape index (κ2) is 11.1. The Labute approximate surface area is 195 Å². The standard InChI is InChI=1S/C28H36NO2P/c1-20-15-24(28(3,4)5)26(31-19-30-6)25(16-20)32-27-21(2)11-10-14-23(27)18-29-17-22-12-8-7-9-13-22/h7-16,29,32H,17-19H2,1-6H3. The molecular weight excluding hydrogens is 413 g/mol. The Morgan fingerprint density at radius 3 is 2.34 bits per heavy atom. The van der Waals surface area contributed by atoms with E-state index in [1.54, 1.807) is 7.11 Å². The molecule has 0 fully saturated rings. The summed E-state index contributed by atoms with van der Waals surface area (Å²) in [5.74, 6) is 0.967. The first-order valence-corrected chi connectivity index (χ1v) is 12.2. The van der Waals surface area contributed by atoms with Crippen LogP contribution in [-0.4, -0.2) is 13.9 Å². The van der Waals surface area contributed by atoms with E-state index in [4.69, 9.17) is 9.47 Å². The Bertz CT molecular complexity index is 1030. The van der Waals surface area contributed by atoms with E-state index in [2.05, 4.69) is 101 Å². The van der Waals surface area contributed by atoms with Gasteiger partial charge in [0.05, 0.1) is 0 Å². The summed E-state index contributed by atoms with van der Waals surface area (Å²) < 4.78 is 11.4. The van der Waals surface area contributed by atoms with Gasteiger partial charge in [0.25, 0.3) is 0 Å². The van der Waals surface area contributed by atoms with Crippen molar-refractivity contribution in [3.8, 4) is 5.75 Å². The number of hydrogen-bond acceptors (Lipinski definition) is 3. The molecule has 0 aliphatic rings. The lowest BCUT2D eigenvalue weighted by Crippen LogP contribution is -2.23.